The summed E-state index contributed by atoms with van der Waals surface area (Å²) in [5.41, 5.74) is 0.660. The molecule has 144 valence electrons. The molecule has 0 aliphatic carbocycles. The number of carbonyl (C=O) groups is 1. The summed E-state index contributed by atoms with van der Waals surface area (Å²) in [6.45, 7) is 1.00. The molecule has 3 nitrogen and oxygen atoms in total. The van der Waals surface area contributed by atoms with Gasteiger partial charge in [0.25, 0.3) is 0 Å². The van der Waals surface area contributed by atoms with Gasteiger partial charge in [-0.1, -0.05) is 35.9 Å². The number of hydrogen-bond acceptors (Lipinski definition) is 2. The predicted molar refractivity (Wildman–Crippen MR) is 96.7 cm³/mol. The lowest BCUT2D eigenvalue weighted by atomic mass is 9.90. The summed E-state index contributed by atoms with van der Waals surface area (Å²) in [7, 11) is 0. The number of nitrogens with zero attached hydrogens (tertiary/aromatic N) is 1. The van der Waals surface area contributed by atoms with Crippen LogP contribution in [0.3, 0.4) is 0 Å². The zero-order chi connectivity index (χ0) is 19.6. The van der Waals surface area contributed by atoms with E-state index >= 15 is 0 Å². The van der Waals surface area contributed by atoms with E-state index in [9.17, 15) is 23.1 Å². The SMILES string of the molecule is O=C(O)C1CCN(C(c2ccc(Cl)cc2)c2cccc(C(F)(F)F)c2)CC1. The molecule has 0 saturated carbocycles. The van der Waals surface area contributed by atoms with Crippen molar-refractivity contribution < 1.29 is 23.1 Å². The van der Waals surface area contributed by atoms with Crippen molar-refractivity contribution >= 4 is 17.6 Å². The van der Waals surface area contributed by atoms with E-state index < -0.39 is 23.6 Å². The molecule has 1 N–H and O–H groups in total. The number of piperidine rings is 1. The first-order chi connectivity index (χ1) is 12.8. The maximum absolute atomic E-state index is 13.2. The Bertz CT molecular complexity index is 800. The number of halogens is 4. The topological polar surface area (TPSA) is 40.5 Å². The highest BCUT2D eigenvalue weighted by Gasteiger charge is 2.33. The van der Waals surface area contributed by atoms with Crippen LogP contribution in [0.25, 0.3) is 0 Å². The van der Waals surface area contributed by atoms with Crippen molar-refractivity contribution in [3.8, 4) is 0 Å². The third-order valence-corrected chi connectivity index (χ3v) is 5.21. The maximum Gasteiger partial charge on any atom is 0.416 e. The van der Waals surface area contributed by atoms with Gasteiger partial charge in [0.15, 0.2) is 0 Å². The molecular weight excluding hydrogens is 379 g/mol. The second-order valence-electron chi connectivity index (χ2n) is 6.73. The van der Waals surface area contributed by atoms with Gasteiger partial charge < -0.3 is 5.11 Å². The summed E-state index contributed by atoms with van der Waals surface area (Å²) < 4.78 is 39.5. The predicted octanol–water partition coefficient (Wildman–Crippen LogP) is 5.24. The standard InChI is InChI=1S/C20H19ClF3NO2/c21-17-6-4-13(5-7-17)18(25-10-8-14(9-11-25)19(26)27)15-2-1-3-16(12-15)20(22,23)24/h1-7,12,14,18H,8-11H2,(H,26,27). The summed E-state index contributed by atoms with van der Waals surface area (Å²) in [6, 6.07) is 11.9. The zero-order valence-corrected chi connectivity index (χ0v) is 15.2. The first kappa shape index (κ1) is 19.7. The number of likely N-dealkylation sites (tertiary alicyclic amines) is 1. The smallest absolute Gasteiger partial charge is 0.416 e. The average molecular weight is 398 g/mol. The first-order valence-electron chi connectivity index (χ1n) is 8.65. The van der Waals surface area contributed by atoms with Crippen LogP contribution in [0, 0.1) is 5.92 Å². The molecule has 27 heavy (non-hydrogen) atoms. The minimum atomic E-state index is -4.42. The molecule has 1 saturated heterocycles. The van der Waals surface area contributed by atoms with Crippen LogP contribution in [0.5, 0.6) is 0 Å². The molecule has 0 bridgehead atoms. The van der Waals surface area contributed by atoms with E-state index in [4.69, 9.17) is 11.6 Å². The number of hydrogen-bond donors (Lipinski definition) is 1. The van der Waals surface area contributed by atoms with Crippen molar-refractivity contribution in [1.82, 2.24) is 4.90 Å². The van der Waals surface area contributed by atoms with Crippen LogP contribution in [-0.2, 0) is 11.0 Å². The lowest BCUT2D eigenvalue weighted by Crippen LogP contribution is -2.39. The van der Waals surface area contributed by atoms with Crippen LogP contribution in [0.15, 0.2) is 48.5 Å². The molecular formula is C20H19ClF3NO2. The molecule has 1 aliphatic rings. The molecule has 1 aliphatic heterocycles. The molecule has 1 heterocycles. The van der Waals surface area contributed by atoms with E-state index in [-0.39, 0.29) is 6.04 Å². The van der Waals surface area contributed by atoms with Crippen LogP contribution in [0.4, 0.5) is 13.2 Å². The van der Waals surface area contributed by atoms with Crippen LogP contribution in [0.1, 0.15) is 35.6 Å². The average Bonchev–Trinajstić information content (AvgIpc) is 2.63. The molecule has 2 aromatic carbocycles. The van der Waals surface area contributed by atoms with Crippen molar-refractivity contribution in [1.29, 1.82) is 0 Å². The van der Waals surface area contributed by atoms with E-state index in [0.29, 0.717) is 36.5 Å². The summed E-state index contributed by atoms with van der Waals surface area (Å²) in [5.74, 6) is -1.23. The Labute approximate surface area is 160 Å². The fourth-order valence-corrected chi connectivity index (χ4v) is 3.67. The Balaban J connectivity index is 1.96. The second kappa shape index (κ2) is 7.90. The second-order valence-corrected chi connectivity index (χ2v) is 7.16. The van der Waals surface area contributed by atoms with E-state index in [1.165, 1.54) is 12.1 Å². The molecule has 7 heteroatoms. The minimum absolute atomic E-state index is 0.390. The van der Waals surface area contributed by atoms with Gasteiger partial charge in [-0.3, -0.25) is 9.69 Å². The lowest BCUT2D eigenvalue weighted by Gasteiger charge is -2.37. The molecule has 0 aromatic heterocycles. The van der Waals surface area contributed by atoms with E-state index in [1.54, 1.807) is 30.3 Å². The van der Waals surface area contributed by atoms with E-state index in [0.717, 1.165) is 11.6 Å². The molecule has 1 unspecified atom stereocenters. The summed E-state index contributed by atoms with van der Waals surface area (Å²) in [6.07, 6.45) is -3.48. The Hall–Kier alpha value is -2.05. The number of rotatable bonds is 4. The Morgan fingerprint density at radius 1 is 1.07 bits per heavy atom. The third kappa shape index (κ3) is 4.62. The van der Waals surface area contributed by atoms with Gasteiger partial charge in [0.2, 0.25) is 0 Å². The zero-order valence-electron chi connectivity index (χ0n) is 14.4. The van der Waals surface area contributed by atoms with Gasteiger partial charge in [0, 0.05) is 5.02 Å². The highest BCUT2D eigenvalue weighted by Crippen LogP contribution is 2.36. The van der Waals surface area contributed by atoms with Crippen LogP contribution >= 0.6 is 11.6 Å². The minimum Gasteiger partial charge on any atom is -0.481 e. The maximum atomic E-state index is 13.2. The first-order valence-corrected chi connectivity index (χ1v) is 9.03. The van der Waals surface area contributed by atoms with Crippen LogP contribution < -0.4 is 0 Å². The van der Waals surface area contributed by atoms with Gasteiger partial charge in [-0.15, -0.1) is 0 Å². The van der Waals surface area contributed by atoms with Gasteiger partial charge in [-0.05, 0) is 61.3 Å². The summed E-state index contributed by atoms with van der Waals surface area (Å²) in [4.78, 5) is 13.2. The van der Waals surface area contributed by atoms with Crippen LogP contribution in [-0.4, -0.2) is 29.1 Å². The number of carboxylic acid groups (broad SMARTS) is 1. The monoisotopic (exact) mass is 397 g/mol. The number of benzene rings is 2. The molecule has 3 rings (SSSR count). The molecule has 0 radical (unpaired) electrons. The van der Waals surface area contributed by atoms with Gasteiger partial charge in [-0.2, -0.15) is 13.2 Å². The largest absolute Gasteiger partial charge is 0.481 e. The highest BCUT2D eigenvalue weighted by atomic mass is 35.5. The molecule has 2 aromatic rings. The van der Waals surface area contributed by atoms with Gasteiger partial charge >= 0.3 is 12.1 Å². The molecule has 1 atom stereocenters. The van der Waals surface area contributed by atoms with Gasteiger partial charge in [0.05, 0.1) is 17.5 Å². The third-order valence-electron chi connectivity index (χ3n) is 4.96. The van der Waals surface area contributed by atoms with Crippen molar-refractivity contribution in [3.05, 3.63) is 70.2 Å². The summed E-state index contributed by atoms with van der Waals surface area (Å²) >= 11 is 5.96. The number of aliphatic carboxylic acids is 1. The van der Waals surface area contributed by atoms with Crippen molar-refractivity contribution in [2.75, 3.05) is 13.1 Å². The number of carboxylic acids is 1. The van der Waals surface area contributed by atoms with Gasteiger partial charge in [-0.25, -0.2) is 0 Å². The fraction of sp³-hybridized carbons (Fsp3) is 0.350. The lowest BCUT2D eigenvalue weighted by molar-refractivity contribution is -0.143. The molecule has 1 fully saturated rings. The van der Waals surface area contributed by atoms with Crippen LogP contribution in [0.2, 0.25) is 5.02 Å². The Morgan fingerprint density at radius 3 is 2.26 bits per heavy atom. The van der Waals surface area contributed by atoms with E-state index in [2.05, 4.69) is 0 Å². The Morgan fingerprint density at radius 2 is 1.70 bits per heavy atom. The van der Waals surface area contributed by atoms with Crippen molar-refractivity contribution in [2.24, 2.45) is 5.92 Å². The number of alkyl halides is 3. The molecule has 0 amide bonds. The normalized spacial score (nSPS) is 17.6. The Kier molecular flexibility index (Phi) is 5.77. The van der Waals surface area contributed by atoms with Crippen molar-refractivity contribution in [3.63, 3.8) is 0 Å². The summed E-state index contributed by atoms with van der Waals surface area (Å²) in [5, 5.41) is 9.74. The highest BCUT2D eigenvalue weighted by molar-refractivity contribution is 6.30. The quantitative estimate of drug-likeness (QED) is 0.766. The molecule has 0 spiro atoms. The van der Waals surface area contributed by atoms with E-state index in [1.807, 2.05) is 4.90 Å². The fourth-order valence-electron chi connectivity index (χ4n) is 3.55. The van der Waals surface area contributed by atoms with Crippen molar-refractivity contribution in [2.45, 2.75) is 25.1 Å². The van der Waals surface area contributed by atoms with Gasteiger partial charge in [0.1, 0.15) is 0 Å².